The van der Waals surface area contributed by atoms with E-state index in [-0.39, 0.29) is 12.9 Å². The first-order valence-electron chi connectivity index (χ1n) is 9.46. The van der Waals surface area contributed by atoms with Crippen LogP contribution in [-0.2, 0) is 9.53 Å². The zero-order valence-corrected chi connectivity index (χ0v) is 15.8. The smallest absolute Gasteiger partial charge is 0.333 e. The summed E-state index contributed by atoms with van der Waals surface area (Å²) in [7, 11) is 0. The van der Waals surface area contributed by atoms with E-state index in [9.17, 15) is 9.90 Å². The van der Waals surface area contributed by atoms with Crippen LogP contribution < -0.4 is 4.74 Å². The Labute approximate surface area is 165 Å². The fourth-order valence-electron chi connectivity index (χ4n) is 3.24. The van der Waals surface area contributed by atoms with E-state index in [1.165, 1.54) is 5.56 Å². The van der Waals surface area contributed by atoms with Gasteiger partial charge in [-0.3, -0.25) is 0 Å². The molecule has 0 bridgehead atoms. The predicted octanol–water partition coefficient (Wildman–Crippen LogP) is 4.17. The molecule has 0 heterocycles. The Kier molecular flexibility index (Phi) is 6.89. The summed E-state index contributed by atoms with van der Waals surface area (Å²) < 4.78 is 10.1. The summed E-state index contributed by atoms with van der Waals surface area (Å²) in [5, 5.41) is 9.64. The molecule has 4 heteroatoms. The van der Waals surface area contributed by atoms with E-state index in [0.717, 1.165) is 42.9 Å². The van der Waals surface area contributed by atoms with Crippen LogP contribution in [-0.4, -0.2) is 24.0 Å². The van der Waals surface area contributed by atoms with E-state index >= 15 is 0 Å². The monoisotopic (exact) mass is 376 g/mol. The molecule has 0 saturated heterocycles. The maximum absolute atomic E-state index is 11.0. The van der Waals surface area contributed by atoms with Crippen LogP contribution in [0.15, 0.2) is 61.2 Å². The van der Waals surface area contributed by atoms with Gasteiger partial charge in [0.25, 0.3) is 0 Å². The van der Waals surface area contributed by atoms with Gasteiger partial charge in [0.1, 0.15) is 5.75 Å². The third-order valence-electron chi connectivity index (χ3n) is 4.88. The normalized spacial score (nSPS) is 18.5. The zero-order valence-electron chi connectivity index (χ0n) is 15.8. The van der Waals surface area contributed by atoms with E-state index in [2.05, 4.69) is 42.7 Å². The van der Waals surface area contributed by atoms with Gasteiger partial charge in [0.05, 0.1) is 6.10 Å². The fourth-order valence-corrected chi connectivity index (χ4v) is 3.24. The van der Waals surface area contributed by atoms with Gasteiger partial charge in [0.15, 0.2) is 0 Å². The van der Waals surface area contributed by atoms with Gasteiger partial charge in [-0.15, -0.1) is 0 Å². The van der Waals surface area contributed by atoms with Gasteiger partial charge >= 0.3 is 5.97 Å². The molecule has 0 aromatic heterocycles. The Morgan fingerprint density at radius 3 is 2.14 bits per heavy atom. The number of carbonyl (C=O) groups excluding carboxylic acids is 1. The van der Waals surface area contributed by atoms with Crippen molar-refractivity contribution >= 4 is 5.97 Å². The summed E-state index contributed by atoms with van der Waals surface area (Å²) in [6.45, 7) is 3.17. The van der Waals surface area contributed by atoms with Crippen LogP contribution in [0, 0.1) is 11.8 Å². The summed E-state index contributed by atoms with van der Waals surface area (Å²) >= 11 is 0. The van der Waals surface area contributed by atoms with Gasteiger partial charge in [-0.2, -0.15) is 0 Å². The van der Waals surface area contributed by atoms with Gasteiger partial charge in [-0.05, 0) is 73.6 Å². The molecule has 0 spiro atoms. The van der Waals surface area contributed by atoms with Crippen molar-refractivity contribution in [2.24, 2.45) is 0 Å². The van der Waals surface area contributed by atoms with E-state index < -0.39 is 5.97 Å². The van der Waals surface area contributed by atoms with Crippen LogP contribution in [0.5, 0.6) is 5.75 Å². The SMILES string of the molecule is C=CC(=O)OCOc1ccc(C#Cc2ccc(C3CCC(O)CC3)cc2)cc1. The van der Waals surface area contributed by atoms with E-state index in [1.807, 2.05) is 12.1 Å². The Morgan fingerprint density at radius 1 is 1.00 bits per heavy atom. The lowest BCUT2D eigenvalue weighted by molar-refractivity contribution is -0.144. The number of ether oxygens (including phenoxy) is 2. The van der Waals surface area contributed by atoms with Crippen LogP contribution in [0.3, 0.4) is 0 Å². The van der Waals surface area contributed by atoms with Crippen LogP contribution in [0.2, 0.25) is 0 Å². The Morgan fingerprint density at radius 2 is 1.57 bits per heavy atom. The molecule has 28 heavy (non-hydrogen) atoms. The molecule has 0 aliphatic heterocycles. The zero-order chi connectivity index (χ0) is 19.8. The molecule has 1 aliphatic rings. The van der Waals surface area contributed by atoms with Gasteiger partial charge < -0.3 is 14.6 Å². The molecule has 0 radical (unpaired) electrons. The highest BCUT2D eigenvalue weighted by Gasteiger charge is 2.20. The highest BCUT2D eigenvalue weighted by molar-refractivity contribution is 5.81. The molecule has 0 atom stereocenters. The van der Waals surface area contributed by atoms with Crippen LogP contribution in [0.1, 0.15) is 48.3 Å². The number of rotatable bonds is 5. The molecule has 3 rings (SSSR count). The fraction of sp³-hybridized carbons (Fsp3) is 0.292. The van der Waals surface area contributed by atoms with Gasteiger partial charge in [0.2, 0.25) is 6.79 Å². The summed E-state index contributed by atoms with van der Waals surface area (Å²) in [6, 6.07) is 15.7. The molecule has 1 saturated carbocycles. The maximum Gasteiger partial charge on any atom is 0.333 e. The maximum atomic E-state index is 11.0. The minimum Gasteiger partial charge on any atom is -0.457 e. The number of hydrogen-bond donors (Lipinski definition) is 1. The first-order chi connectivity index (χ1) is 13.6. The highest BCUT2D eigenvalue weighted by Crippen LogP contribution is 2.32. The van der Waals surface area contributed by atoms with Crippen molar-refractivity contribution in [1.29, 1.82) is 0 Å². The van der Waals surface area contributed by atoms with Crippen molar-refractivity contribution in [2.75, 3.05) is 6.79 Å². The molecule has 1 fully saturated rings. The average molecular weight is 376 g/mol. The van der Waals surface area contributed by atoms with Crippen LogP contribution >= 0.6 is 0 Å². The van der Waals surface area contributed by atoms with Crippen LogP contribution in [0.4, 0.5) is 0 Å². The van der Waals surface area contributed by atoms with E-state index in [1.54, 1.807) is 12.1 Å². The molecule has 4 nitrogen and oxygen atoms in total. The molecular weight excluding hydrogens is 352 g/mol. The molecular formula is C24H24O4. The third-order valence-corrected chi connectivity index (χ3v) is 4.88. The lowest BCUT2D eigenvalue weighted by Gasteiger charge is -2.25. The van der Waals surface area contributed by atoms with Crippen LogP contribution in [0.25, 0.3) is 0 Å². The molecule has 1 aliphatic carbocycles. The quantitative estimate of drug-likeness (QED) is 0.368. The summed E-state index contributed by atoms with van der Waals surface area (Å²) in [4.78, 5) is 11.0. The van der Waals surface area contributed by atoms with Gasteiger partial charge in [-0.1, -0.05) is 30.6 Å². The van der Waals surface area contributed by atoms with Crippen molar-refractivity contribution in [1.82, 2.24) is 0 Å². The Bertz CT molecular complexity index is 848. The lowest BCUT2D eigenvalue weighted by atomic mass is 9.82. The molecule has 0 amide bonds. The number of esters is 1. The number of carbonyl (C=O) groups is 1. The standard InChI is InChI=1S/C24H24O4/c1-2-24(26)28-17-27-23-15-7-19(8-16-23)4-3-18-5-9-20(10-6-18)21-11-13-22(25)14-12-21/h2,5-10,15-16,21-22,25H,1,11-14,17H2. The van der Waals surface area contributed by atoms with Crippen molar-refractivity contribution in [3.05, 3.63) is 77.9 Å². The number of benzene rings is 2. The first kappa shape index (κ1) is 19.7. The van der Waals surface area contributed by atoms with E-state index in [0.29, 0.717) is 11.7 Å². The van der Waals surface area contributed by atoms with Crippen molar-refractivity contribution in [2.45, 2.75) is 37.7 Å². The van der Waals surface area contributed by atoms with Crippen molar-refractivity contribution in [3.63, 3.8) is 0 Å². The van der Waals surface area contributed by atoms with Gasteiger partial charge in [-0.25, -0.2) is 4.79 Å². The second kappa shape index (κ2) is 9.77. The summed E-state index contributed by atoms with van der Waals surface area (Å²) in [5.41, 5.74) is 3.17. The minimum absolute atomic E-state index is 0.125. The van der Waals surface area contributed by atoms with E-state index in [4.69, 9.17) is 9.47 Å². The molecule has 144 valence electrons. The molecule has 1 N–H and O–H groups in total. The predicted molar refractivity (Wildman–Crippen MR) is 108 cm³/mol. The number of aliphatic hydroxyl groups is 1. The average Bonchev–Trinajstić information content (AvgIpc) is 2.74. The topological polar surface area (TPSA) is 55.8 Å². The van der Waals surface area contributed by atoms with Crippen molar-refractivity contribution < 1.29 is 19.4 Å². The largest absolute Gasteiger partial charge is 0.457 e. The minimum atomic E-state index is -0.519. The summed E-state index contributed by atoms with van der Waals surface area (Å²) in [6.07, 6.45) is 4.85. The molecule has 0 unspecified atom stereocenters. The molecule has 2 aromatic carbocycles. The second-order valence-electron chi connectivity index (χ2n) is 6.83. The number of aliphatic hydroxyl groups excluding tert-OH is 1. The Hall–Kier alpha value is -3.03. The Balaban J connectivity index is 1.54. The van der Waals surface area contributed by atoms with Crippen molar-refractivity contribution in [3.8, 4) is 17.6 Å². The second-order valence-corrected chi connectivity index (χ2v) is 6.83. The summed E-state index contributed by atoms with van der Waals surface area (Å²) in [5.74, 6) is 6.94. The van der Waals surface area contributed by atoms with Gasteiger partial charge in [0, 0.05) is 17.2 Å². The first-order valence-corrected chi connectivity index (χ1v) is 9.46. The lowest BCUT2D eigenvalue weighted by Crippen LogP contribution is -2.16. The highest BCUT2D eigenvalue weighted by atomic mass is 16.7. The third kappa shape index (κ3) is 5.73. The molecule has 2 aromatic rings. The number of hydrogen-bond acceptors (Lipinski definition) is 4.